The highest BCUT2D eigenvalue weighted by molar-refractivity contribution is 5.04. The maximum Gasteiger partial charge on any atom is 0.0947 e. The van der Waals surface area contributed by atoms with E-state index in [1.165, 1.54) is 31.4 Å². The van der Waals surface area contributed by atoms with Gasteiger partial charge in [-0.1, -0.05) is 6.42 Å². The van der Waals surface area contributed by atoms with Crippen LogP contribution in [0.3, 0.4) is 0 Å². The molecule has 1 atom stereocenters. The van der Waals surface area contributed by atoms with Gasteiger partial charge in [-0.2, -0.15) is 0 Å². The van der Waals surface area contributed by atoms with E-state index < -0.39 is 0 Å². The molecule has 1 fully saturated rings. The van der Waals surface area contributed by atoms with Crippen LogP contribution < -0.4 is 10.6 Å². The minimum absolute atomic E-state index is 0.663. The number of hydrogen-bond donors (Lipinski definition) is 2. The molecule has 1 aromatic rings. The standard InChI is InChI=1S/C11H18N2O/c1-2-5-13-11(3-1)8-12-7-10-4-6-14-9-10/h4,6,9,11-13H,1-3,5,7-8H2. The van der Waals surface area contributed by atoms with E-state index in [1.54, 1.807) is 12.5 Å². The Morgan fingerprint density at radius 1 is 1.50 bits per heavy atom. The van der Waals surface area contributed by atoms with E-state index in [4.69, 9.17) is 4.42 Å². The highest BCUT2D eigenvalue weighted by atomic mass is 16.3. The first-order chi connectivity index (χ1) is 6.95. The fourth-order valence-electron chi connectivity index (χ4n) is 1.88. The van der Waals surface area contributed by atoms with Gasteiger partial charge in [-0.15, -0.1) is 0 Å². The fourth-order valence-corrected chi connectivity index (χ4v) is 1.88. The molecule has 1 unspecified atom stereocenters. The van der Waals surface area contributed by atoms with Gasteiger partial charge in [-0.05, 0) is 25.5 Å². The van der Waals surface area contributed by atoms with Crippen molar-refractivity contribution in [2.45, 2.75) is 31.8 Å². The normalized spacial score (nSPS) is 22.4. The van der Waals surface area contributed by atoms with Crippen molar-refractivity contribution in [2.75, 3.05) is 13.1 Å². The summed E-state index contributed by atoms with van der Waals surface area (Å²) in [5, 5.41) is 6.95. The van der Waals surface area contributed by atoms with Gasteiger partial charge >= 0.3 is 0 Å². The summed E-state index contributed by atoms with van der Waals surface area (Å²) in [6.07, 6.45) is 7.51. The van der Waals surface area contributed by atoms with Gasteiger partial charge in [-0.3, -0.25) is 0 Å². The van der Waals surface area contributed by atoms with Crippen molar-refractivity contribution in [3.05, 3.63) is 24.2 Å². The first-order valence-electron chi connectivity index (χ1n) is 5.40. The largest absolute Gasteiger partial charge is 0.472 e. The second kappa shape index (κ2) is 5.17. The molecule has 0 spiro atoms. The van der Waals surface area contributed by atoms with Crippen LogP contribution in [-0.2, 0) is 6.54 Å². The molecule has 1 aliphatic rings. The molecule has 0 radical (unpaired) electrons. The maximum absolute atomic E-state index is 5.00. The van der Waals surface area contributed by atoms with Gasteiger partial charge in [0.15, 0.2) is 0 Å². The molecule has 1 saturated heterocycles. The highest BCUT2D eigenvalue weighted by Crippen LogP contribution is 2.06. The third-order valence-electron chi connectivity index (χ3n) is 2.71. The summed E-state index contributed by atoms with van der Waals surface area (Å²) in [7, 11) is 0. The third-order valence-corrected chi connectivity index (χ3v) is 2.71. The average Bonchev–Trinajstić information content (AvgIpc) is 2.72. The molecule has 0 amide bonds. The summed E-state index contributed by atoms with van der Waals surface area (Å²) in [6, 6.07) is 2.66. The van der Waals surface area contributed by atoms with Crippen molar-refractivity contribution in [3.63, 3.8) is 0 Å². The van der Waals surface area contributed by atoms with E-state index in [2.05, 4.69) is 10.6 Å². The Kier molecular flexibility index (Phi) is 3.60. The highest BCUT2D eigenvalue weighted by Gasteiger charge is 2.11. The number of rotatable bonds is 4. The molecule has 0 saturated carbocycles. The van der Waals surface area contributed by atoms with Crippen LogP contribution in [0.1, 0.15) is 24.8 Å². The van der Waals surface area contributed by atoms with Crippen molar-refractivity contribution in [1.82, 2.24) is 10.6 Å². The zero-order chi connectivity index (χ0) is 9.64. The molecule has 78 valence electrons. The van der Waals surface area contributed by atoms with E-state index in [0.717, 1.165) is 13.1 Å². The maximum atomic E-state index is 5.00. The molecule has 2 N–H and O–H groups in total. The van der Waals surface area contributed by atoms with Gasteiger partial charge in [0.05, 0.1) is 12.5 Å². The molecular weight excluding hydrogens is 176 g/mol. The molecule has 1 aromatic heterocycles. The molecule has 2 heterocycles. The zero-order valence-corrected chi connectivity index (χ0v) is 8.46. The lowest BCUT2D eigenvalue weighted by Crippen LogP contribution is -2.41. The first kappa shape index (κ1) is 9.74. The predicted octanol–water partition coefficient (Wildman–Crippen LogP) is 1.51. The van der Waals surface area contributed by atoms with Crippen molar-refractivity contribution >= 4 is 0 Å². The Morgan fingerprint density at radius 2 is 2.50 bits per heavy atom. The lowest BCUT2D eigenvalue weighted by Gasteiger charge is -2.23. The van der Waals surface area contributed by atoms with Crippen molar-refractivity contribution in [1.29, 1.82) is 0 Å². The van der Waals surface area contributed by atoms with Crippen molar-refractivity contribution < 1.29 is 4.42 Å². The minimum Gasteiger partial charge on any atom is -0.472 e. The smallest absolute Gasteiger partial charge is 0.0947 e. The van der Waals surface area contributed by atoms with Crippen LogP contribution in [0.4, 0.5) is 0 Å². The van der Waals surface area contributed by atoms with E-state index in [1.807, 2.05) is 6.07 Å². The summed E-state index contributed by atoms with van der Waals surface area (Å²) in [6.45, 7) is 3.15. The van der Waals surface area contributed by atoms with E-state index in [0.29, 0.717) is 6.04 Å². The number of hydrogen-bond acceptors (Lipinski definition) is 3. The summed E-state index contributed by atoms with van der Waals surface area (Å²) in [5.41, 5.74) is 1.22. The summed E-state index contributed by atoms with van der Waals surface area (Å²) in [4.78, 5) is 0. The predicted molar refractivity (Wildman–Crippen MR) is 56.1 cm³/mol. The number of nitrogens with one attached hydrogen (secondary N) is 2. The SMILES string of the molecule is c1cc(CNCC2CCCCN2)co1. The average molecular weight is 194 g/mol. The third kappa shape index (κ3) is 2.86. The van der Waals surface area contributed by atoms with Gasteiger partial charge in [-0.25, -0.2) is 0 Å². The van der Waals surface area contributed by atoms with Crippen LogP contribution in [-0.4, -0.2) is 19.1 Å². The van der Waals surface area contributed by atoms with Crippen LogP contribution in [0.2, 0.25) is 0 Å². The van der Waals surface area contributed by atoms with Crippen LogP contribution in [0.15, 0.2) is 23.0 Å². The van der Waals surface area contributed by atoms with E-state index in [9.17, 15) is 0 Å². The Hall–Kier alpha value is -0.800. The second-order valence-corrected chi connectivity index (χ2v) is 3.91. The molecule has 2 rings (SSSR count). The molecule has 3 nitrogen and oxygen atoms in total. The van der Waals surface area contributed by atoms with Crippen LogP contribution in [0, 0.1) is 0 Å². The molecule has 0 aliphatic carbocycles. The molecule has 1 aliphatic heterocycles. The number of furan rings is 1. The lowest BCUT2D eigenvalue weighted by atomic mass is 10.1. The van der Waals surface area contributed by atoms with Crippen molar-refractivity contribution in [2.24, 2.45) is 0 Å². The molecule has 3 heteroatoms. The zero-order valence-electron chi connectivity index (χ0n) is 8.46. The van der Waals surface area contributed by atoms with Crippen molar-refractivity contribution in [3.8, 4) is 0 Å². The molecular formula is C11H18N2O. The van der Waals surface area contributed by atoms with Gasteiger partial charge in [0, 0.05) is 24.7 Å². The summed E-state index contributed by atoms with van der Waals surface area (Å²) in [5.74, 6) is 0. The number of piperidine rings is 1. The van der Waals surface area contributed by atoms with Crippen LogP contribution >= 0.6 is 0 Å². The van der Waals surface area contributed by atoms with Gasteiger partial charge in [0.25, 0.3) is 0 Å². The Balaban J connectivity index is 1.62. The molecule has 14 heavy (non-hydrogen) atoms. The van der Waals surface area contributed by atoms with Gasteiger partial charge < -0.3 is 15.1 Å². The lowest BCUT2D eigenvalue weighted by molar-refractivity contribution is 0.383. The topological polar surface area (TPSA) is 37.2 Å². The fraction of sp³-hybridized carbons (Fsp3) is 0.636. The monoisotopic (exact) mass is 194 g/mol. The Morgan fingerprint density at radius 3 is 3.21 bits per heavy atom. The van der Waals surface area contributed by atoms with E-state index >= 15 is 0 Å². The second-order valence-electron chi connectivity index (χ2n) is 3.91. The van der Waals surface area contributed by atoms with Gasteiger partial charge in [0.1, 0.15) is 0 Å². The molecule has 0 aromatic carbocycles. The quantitative estimate of drug-likeness (QED) is 0.763. The Labute approximate surface area is 84.9 Å². The molecule has 0 bridgehead atoms. The summed E-state index contributed by atoms with van der Waals surface area (Å²) >= 11 is 0. The Bertz CT molecular complexity index is 240. The first-order valence-corrected chi connectivity index (χ1v) is 5.40. The van der Waals surface area contributed by atoms with Crippen LogP contribution in [0.5, 0.6) is 0 Å². The van der Waals surface area contributed by atoms with Gasteiger partial charge in [0.2, 0.25) is 0 Å². The van der Waals surface area contributed by atoms with Crippen LogP contribution in [0.25, 0.3) is 0 Å². The minimum atomic E-state index is 0.663. The van der Waals surface area contributed by atoms with E-state index in [-0.39, 0.29) is 0 Å². The summed E-state index contributed by atoms with van der Waals surface area (Å²) < 4.78 is 5.00.